The molecule has 1 N–H and O–H groups in total. The largest absolute Gasteiger partial charge is 0.497 e. The topological polar surface area (TPSA) is 64.6 Å². The molecule has 0 saturated heterocycles. The maximum atomic E-state index is 12.2. The third-order valence-electron chi connectivity index (χ3n) is 3.34. The summed E-state index contributed by atoms with van der Waals surface area (Å²) in [5.74, 6) is 0.0970. The first-order valence-electron chi connectivity index (χ1n) is 7.28. The molecule has 1 amide bonds. The van der Waals surface area contributed by atoms with Gasteiger partial charge in [-0.2, -0.15) is 0 Å². The van der Waals surface area contributed by atoms with Crippen LogP contribution in [0.15, 0.2) is 42.5 Å². The molecule has 2 aromatic carbocycles. The van der Waals surface area contributed by atoms with Crippen LogP contribution in [0.2, 0.25) is 0 Å². The fourth-order valence-electron chi connectivity index (χ4n) is 2.08. The summed E-state index contributed by atoms with van der Waals surface area (Å²) in [4.78, 5) is 23.9. The first-order valence-corrected chi connectivity index (χ1v) is 7.28. The molecule has 0 fully saturated rings. The first kappa shape index (κ1) is 16.5. The lowest BCUT2D eigenvalue weighted by atomic mass is 10.1. The summed E-state index contributed by atoms with van der Waals surface area (Å²) in [5.41, 5.74) is 2.43. The number of hydrogen-bond donors (Lipinski definition) is 1. The number of esters is 1. The van der Waals surface area contributed by atoms with Crippen LogP contribution in [-0.4, -0.2) is 25.6 Å². The van der Waals surface area contributed by atoms with E-state index in [1.165, 1.54) is 0 Å². The van der Waals surface area contributed by atoms with Crippen molar-refractivity contribution in [1.29, 1.82) is 0 Å². The van der Waals surface area contributed by atoms with E-state index in [0.29, 0.717) is 29.2 Å². The van der Waals surface area contributed by atoms with Gasteiger partial charge in [0.25, 0.3) is 5.91 Å². The van der Waals surface area contributed by atoms with Gasteiger partial charge >= 0.3 is 5.97 Å². The number of anilines is 1. The van der Waals surface area contributed by atoms with Gasteiger partial charge in [-0.05, 0) is 61.9 Å². The molecule has 2 aromatic rings. The Morgan fingerprint density at radius 1 is 1.04 bits per heavy atom. The summed E-state index contributed by atoms with van der Waals surface area (Å²) in [7, 11) is 1.57. The van der Waals surface area contributed by atoms with E-state index in [-0.39, 0.29) is 11.9 Å². The number of benzene rings is 2. The second-order valence-corrected chi connectivity index (χ2v) is 4.93. The van der Waals surface area contributed by atoms with Gasteiger partial charge in [-0.15, -0.1) is 0 Å². The van der Waals surface area contributed by atoms with Gasteiger partial charge in [-0.3, -0.25) is 4.79 Å². The molecule has 5 heteroatoms. The number of aryl methyl sites for hydroxylation is 1. The Labute approximate surface area is 135 Å². The molecule has 0 unspecified atom stereocenters. The number of hydrogen-bond acceptors (Lipinski definition) is 4. The zero-order valence-corrected chi connectivity index (χ0v) is 13.4. The minimum absolute atomic E-state index is 0.223. The lowest BCUT2D eigenvalue weighted by Gasteiger charge is -2.10. The molecule has 0 spiro atoms. The molecule has 0 aliphatic rings. The molecule has 0 aliphatic carbocycles. The van der Waals surface area contributed by atoms with E-state index in [4.69, 9.17) is 9.47 Å². The molecule has 0 bridgehead atoms. The second-order valence-electron chi connectivity index (χ2n) is 4.93. The van der Waals surface area contributed by atoms with Gasteiger partial charge in [0.2, 0.25) is 0 Å². The summed E-state index contributed by atoms with van der Waals surface area (Å²) in [5, 5.41) is 2.83. The number of carbonyl (C=O) groups excluding carboxylic acids is 2. The van der Waals surface area contributed by atoms with Crippen molar-refractivity contribution in [2.45, 2.75) is 13.8 Å². The lowest BCUT2D eigenvalue weighted by Crippen LogP contribution is -2.13. The monoisotopic (exact) mass is 313 g/mol. The Morgan fingerprint density at radius 3 is 2.26 bits per heavy atom. The molecular formula is C18H19NO4. The zero-order valence-electron chi connectivity index (χ0n) is 13.4. The molecule has 5 nitrogen and oxygen atoms in total. The average Bonchev–Trinajstić information content (AvgIpc) is 2.56. The van der Waals surface area contributed by atoms with E-state index in [9.17, 15) is 9.59 Å². The van der Waals surface area contributed by atoms with Gasteiger partial charge in [-0.25, -0.2) is 4.79 Å². The second kappa shape index (κ2) is 7.45. The Morgan fingerprint density at radius 2 is 1.70 bits per heavy atom. The van der Waals surface area contributed by atoms with Crippen LogP contribution >= 0.6 is 0 Å². The minimum Gasteiger partial charge on any atom is -0.497 e. The van der Waals surface area contributed by atoms with Crippen molar-refractivity contribution in [2.24, 2.45) is 0 Å². The molecule has 0 heterocycles. The van der Waals surface area contributed by atoms with Gasteiger partial charge < -0.3 is 14.8 Å². The van der Waals surface area contributed by atoms with Crippen molar-refractivity contribution in [1.82, 2.24) is 0 Å². The summed E-state index contributed by atoms with van der Waals surface area (Å²) >= 11 is 0. The van der Waals surface area contributed by atoms with Crippen molar-refractivity contribution in [2.75, 3.05) is 19.0 Å². The maximum absolute atomic E-state index is 12.2. The molecule has 23 heavy (non-hydrogen) atoms. The van der Waals surface area contributed by atoms with Crippen LogP contribution in [-0.2, 0) is 4.74 Å². The number of rotatable bonds is 5. The smallest absolute Gasteiger partial charge is 0.338 e. The van der Waals surface area contributed by atoms with Crippen molar-refractivity contribution in [3.05, 3.63) is 59.2 Å². The van der Waals surface area contributed by atoms with Crippen LogP contribution in [0.1, 0.15) is 33.2 Å². The molecular weight excluding hydrogens is 294 g/mol. The highest BCUT2D eigenvalue weighted by molar-refractivity contribution is 6.05. The van der Waals surface area contributed by atoms with Gasteiger partial charge in [0.15, 0.2) is 0 Å². The van der Waals surface area contributed by atoms with E-state index in [1.54, 1.807) is 56.5 Å². The number of methoxy groups -OCH3 is 1. The standard InChI is InChI=1S/C18H19NO4/c1-4-23-18(21)14-7-10-16(12(2)11-14)19-17(20)13-5-8-15(22-3)9-6-13/h5-11H,4H2,1-3H3,(H,19,20). The van der Waals surface area contributed by atoms with Crippen LogP contribution in [0.25, 0.3) is 0 Å². The Bertz CT molecular complexity index is 707. The van der Waals surface area contributed by atoms with Crippen LogP contribution < -0.4 is 10.1 Å². The third kappa shape index (κ3) is 4.10. The first-order chi connectivity index (χ1) is 11.0. The Kier molecular flexibility index (Phi) is 5.36. The zero-order chi connectivity index (χ0) is 16.8. The Balaban J connectivity index is 2.12. The van der Waals surface area contributed by atoms with E-state index in [2.05, 4.69) is 5.32 Å². The highest BCUT2D eigenvalue weighted by atomic mass is 16.5. The van der Waals surface area contributed by atoms with Crippen molar-refractivity contribution < 1.29 is 19.1 Å². The fraction of sp³-hybridized carbons (Fsp3) is 0.222. The predicted octanol–water partition coefficient (Wildman–Crippen LogP) is 3.43. The molecule has 0 aliphatic heterocycles. The Hall–Kier alpha value is -2.82. The van der Waals surface area contributed by atoms with E-state index < -0.39 is 0 Å². The van der Waals surface area contributed by atoms with Crippen molar-refractivity contribution >= 4 is 17.6 Å². The van der Waals surface area contributed by atoms with E-state index in [0.717, 1.165) is 5.56 Å². The summed E-state index contributed by atoms with van der Waals surface area (Å²) in [6.45, 7) is 3.91. The minimum atomic E-state index is -0.372. The molecule has 2 rings (SSSR count). The van der Waals surface area contributed by atoms with E-state index in [1.807, 2.05) is 6.92 Å². The van der Waals surface area contributed by atoms with Gasteiger partial charge in [0, 0.05) is 11.3 Å². The lowest BCUT2D eigenvalue weighted by molar-refractivity contribution is 0.0526. The summed E-state index contributed by atoms with van der Waals surface area (Å²) < 4.78 is 10.0. The molecule has 0 radical (unpaired) electrons. The van der Waals surface area contributed by atoms with Crippen LogP contribution in [0.4, 0.5) is 5.69 Å². The van der Waals surface area contributed by atoms with Gasteiger partial charge in [0.05, 0.1) is 19.3 Å². The van der Waals surface area contributed by atoms with Crippen LogP contribution in [0.5, 0.6) is 5.75 Å². The SMILES string of the molecule is CCOC(=O)c1ccc(NC(=O)c2ccc(OC)cc2)c(C)c1. The van der Waals surface area contributed by atoms with E-state index >= 15 is 0 Å². The fourth-order valence-corrected chi connectivity index (χ4v) is 2.08. The normalized spacial score (nSPS) is 10.0. The molecule has 0 aromatic heterocycles. The summed E-state index contributed by atoms with van der Waals surface area (Å²) in [6.07, 6.45) is 0. The molecule has 0 atom stereocenters. The highest BCUT2D eigenvalue weighted by Crippen LogP contribution is 2.19. The maximum Gasteiger partial charge on any atom is 0.338 e. The third-order valence-corrected chi connectivity index (χ3v) is 3.34. The van der Waals surface area contributed by atoms with Crippen LogP contribution in [0.3, 0.4) is 0 Å². The summed E-state index contributed by atoms with van der Waals surface area (Å²) in [6, 6.07) is 11.9. The number of amides is 1. The van der Waals surface area contributed by atoms with Crippen LogP contribution in [0, 0.1) is 6.92 Å². The number of carbonyl (C=O) groups is 2. The number of nitrogens with one attached hydrogen (secondary N) is 1. The number of ether oxygens (including phenoxy) is 2. The molecule has 0 saturated carbocycles. The average molecular weight is 313 g/mol. The van der Waals surface area contributed by atoms with Crippen molar-refractivity contribution in [3.8, 4) is 5.75 Å². The molecule has 120 valence electrons. The highest BCUT2D eigenvalue weighted by Gasteiger charge is 2.11. The quantitative estimate of drug-likeness (QED) is 0.859. The van der Waals surface area contributed by atoms with Crippen molar-refractivity contribution in [3.63, 3.8) is 0 Å². The van der Waals surface area contributed by atoms with Gasteiger partial charge in [-0.1, -0.05) is 0 Å². The predicted molar refractivity (Wildman–Crippen MR) is 88.1 cm³/mol. The van der Waals surface area contributed by atoms with Gasteiger partial charge in [0.1, 0.15) is 5.75 Å².